The number of hydrogen-bond donors (Lipinski definition) is 0. The SMILES string of the molecule is [CH2]=[Zr+2]([CH]1C(CC)=CC2=C1C=CC=CC2c1ccc(-c2ccccc2)c(F)c1)[CH]1C(CC)=CC2=C1C=CC=CC2c1ccc(-c2ccccc2)c(F)c1.[Cl-].[Cl-]. The maximum atomic E-state index is 15.7. The molecule has 8 rings (SSSR count). The third-order valence-electron chi connectivity index (χ3n) is 11.2. The van der Waals surface area contributed by atoms with E-state index >= 15 is 8.78 Å². The van der Waals surface area contributed by atoms with Crippen molar-refractivity contribution in [3.05, 3.63) is 214 Å². The van der Waals surface area contributed by atoms with E-state index in [4.69, 9.17) is 4.21 Å². The van der Waals surface area contributed by atoms with E-state index in [1.54, 1.807) is 12.1 Å². The molecular formula is C49H42Cl2F2Zr. The van der Waals surface area contributed by atoms with Crippen molar-refractivity contribution in [3.8, 4) is 22.3 Å². The van der Waals surface area contributed by atoms with Crippen LogP contribution in [0.3, 0.4) is 0 Å². The van der Waals surface area contributed by atoms with Crippen molar-refractivity contribution < 1.29 is 54.9 Å². The zero-order valence-electron chi connectivity index (χ0n) is 30.5. The Bertz CT molecular complexity index is 2160. The summed E-state index contributed by atoms with van der Waals surface area (Å²) < 4.78 is 37.2. The van der Waals surface area contributed by atoms with Crippen LogP contribution in [0.5, 0.6) is 0 Å². The smallest absolute Gasteiger partial charge is 1.00 e. The second kappa shape index (κ2) is 17.2. The molecule has 4 aromatic rings. The molecule has 54 heavy (non-hydrogen) atoms. The Balaban J connectivity index is 0.00000249. The average molecular weight is 831 g/mol. The summed E-state index contributed by atoms with van der Waals surface area (Å²) in [4.78, 5) is 0. The number of allylic oxidation sites excluding steroid dienone is 16. The Morgan fingerprint density at radius 2 is 0.944 bits per heavy atom. The van der Waals surface area contributed by atoms with E-state index in [1.165, 1.54) is 33.4 Å². The Morgan fingerprint density at radius 1 is 0.537 bits per heavy atom. The number of rotatable bonds is 8. The zero-order valence-corrected chi connectivity index (χ0v) is 34.4. The fourth-order valence-electron chi connectivity index (χ4n) is 8.65. The van der Waals surface area contributed by atoms with Gasteiger partial charge in [-0.15, -0.1) is 0 Å². The van der Waals surface area contributed by atoms with Crippen molar-refractivity contribution in [2.24, 2.45) is 0 Å². The van der Waals surface area contributed by atoms with Gasteiger partial charge in [-0.05, 0) is 0 Å². The van der Waals surface area contributed by atoms with Crippen LogP contribution in [0.2, 0.25) is 7.25 Å². The van der Waals surface area contributed by atoms with Crippen molar-refractivity contribution in [3.63, 3.8) is 0 Å². The van der Waals surface area contributed by atoms with Gasteiger partial charge in [0, 0.05) is 0 Å². The molecule has 0 saturated heterocycles. The van der Waals surface area contributed by atoms with Gasteiger partial charge in [-0.25, -0.2) is 0 Å². The van der Waals surface area contributed by atoms with Crippen LogP contribution in [0.25, 0.3) is 22.3 Å². The summed E-state index contributed by atoms with van der Waals surface area (Å²) in [5.41, 5.74) is 13.1. The maximum Gasteiger partial charge on any atom is -1.00 e. The summed E-state index contributed by atoms with van der Waals surface area (Å²) in [7, 11) is 0. The molecule has 0 saturated carbocycles. The van der Waals surface area contributed by atoms with E-state index in [0.717, 1.165) is 35.1 Å². The molecule has 4 atom stereocenters. The molecule has 0 aromatic heterocycles. The third kappa shape index (κ3) is 7.36. The molecule has 0 radical (unpaired) electrons. The number of benzene rings is 4. The molecule has 4 aliphatic rings. The monoisotopic (exact) mass is 828 g/mol. The van der Waals surface area contributed by atoms with Crippen molar-refractivity contribution in [1.82, 2.24) is 0 Å². The van der Waals surface area contributed by atoms with Crippen molar-refractivity contribution in [2.45, 2.75) is 45.8 Å². The molecule has 4 aliphatic carbocycles. The van der Waals surface area contributed by atoms with Crippen molar-refractivity contribution in [2.75, 3.05) is 0 Å². The molecule has 0 fully saturated rings. The summed E-state index contributed by atoms with van der Waals surface area (Å²) in [6, 6.07) is 31.0. The fraction of sp³-hybridized carbons (Fsp3) is 0.163. The largest absolute Gasteiger partial charge is 1.00 e. The summed E-state index contributed by atoms with van der Waals surface area (Å²) >= 11 is -2.64. The first kappa shape index (κ1) is 39.7. The third-order valence-corrected chi connectivity index (χ3v) is 18.2. The molecular weight excluding hydrogens is 789 g/mol. The van der Waals surface area contributed by atoms with E-state index in [2.05, 4.69) is 86.7 Å². The second-order valence-corrected chi connectivity index (χ2v) is 19.7. The number of hydrogen-bond acceptors (Lipinski definition) is 0. The molecule has 0 spiro atoms. The van der Waals surface area contributed by atoms with Gasteiger partial charge in [-0.2, -0.15) is 0 Å². The van der Waals surface area contributed by atoms with Crippen LogP contribution in [0.1, 0.15) is 49.7 Å². The predicted molar refractivity (Wildman–Crippen MR) is 211 cm³/mol. The normalized spacial score (nSPS) is 20.9. The van der Waals surface area contributed by atoms with Crippen LogP contribution in [0.4, 0.5) is 8.78 Å². The van der Waals surface area contributed by atoms with Gasteiger partial charge < -0.3 is 24.8 Å². The summed E-state index contributed by atoms with van der Waals surface area (Å²) in [5.74, 6) is -0.460. The van der Waals surface area contributed by atoms with Crippen LogP contribution < -0.4 is 24.8 Å². The Hall–Kier alpha value is -4.01. The van der Waals surface area contributed by atoms with E-state index in [0.29, 0.717) is 18.4 Å². The Morgan fingerprint density at radius 3 is 1.31 bits per heavy atom. The van der Waals surface area contributed by atoms with E-state index in [-0.39, 0.29) is 48.3 Å². The fourth-order valence-corrected chi connectivity index (χ4v) is 16.5. The van der Waals surface area contributed by atoms with Crippen LogP contribution in [-0.2, 0) is 21.3 Å². The second-order valence-electron chi connectivity index (χ2n) is 14.1. The van der Waals surface area contributed by atoms with Gasteiger partial charge in [-0.3, -0.25) is 0 Å². The first-order valence-corrected chi connectivity index (χ1v) is 23.0. The number of halogens is 4. The molecule has 0 aliphatic heterocycles. The van der Waals surface area contributed by atoms with Gasteiger partial charge >= 0.3 is 316 Å². The minimum atomic E-state index is -2.64. The van der Waals surface area contributed by atoms with Crippen molar-refractivity contribution in [1.29, 1.82) is 0 Å². The maximum absolute atomic E-state index is 15.7. The zero-order chi connectivity index (χ0) is 35.8. The van der Waals surface area contributed by atoms with E-state index in [1.807, 2.05) is 72.8 Å². The van der Waals surface area contributed by atoms with Gasteiger partial charge in [0.15, 0.2) is 0 Å². The summed E-state index contributed by atoms with van der Waals surface area (Å²) in [5, 5.41) is 0. The standard InChI is InChI=1S/2C24H20F.CH2.2ClH.Zr/c2*1-2-17-14-19-10-6-7-11-21(23(19)15-17)20-12-13-22(24(25)16-20)18-8-4-3-5-9-18;;;;/h2*3-16,21H,2H2,1H3;1H2;2*1H;/q;;;;;+2/p-2. The Labute approximate surface area is 338 Å². The quantitative estimate of drug-likeness (QED) is 0.175. The average Bonchev–Trinajstić information content (AvgIpc) is 3.56. The molecule has 270 valence electrons. The van der Waals surface area contributed by atoms with Gasteiger partial charge in [-0.1, -0.05) is 0 Å². The molecule has 4 aromatic carbocycles. The minimum Gasteiger partial charge on any atom is -1.00 e. The topological polar surface area (TPSA) is 0 Å². The molecule has 0 N–H and O–H groups in total. The predicted octanol–water partition coefficient (Wildman–Crippen LogP) is 7.35. The molecule has 0 amide bonds. The van der Waals surface area contributed by atoms with E-state index in [9.17, 15) is 0 Å². The van der Waals surface area contributed by atoms with Crippen LogP contribution in [-0.4, -0.2) is 4.21 Å². The Kier molecular flexibility index (Phi) is 12.6. The molecule has 4 unspecified atom stereocenters. The van der Waals surface area contributed by atoms with Gasteiger partial charge in [0.25, 0.3) is 0 Å². The van der Waals surface area contributed by atoms with Crippen LogP contribution in [0, 0.1) is 11.6 Å². The van der Waals surface area contributed by atoms with Crippen molar-refractivity contribution >= 4 is 4.21 Å². The van der Waals surface area contributed by atoms with E-state index < -0.39 is 21.3 Å². The molecule has 0 nitrogen and oxygen atoms in total. The molecule has 0 heterocycles. The van der Waals surface area contributed by atoms with Gasteiger partial charge in [0.2, 0.25) is 0 Å². The van der Waals surface area contributed by atoms with Crippen LogP contribution in [0.15, 0.2) is 191 Å². The first-order chi connectivity index (χ1) is 25.5. The van der Waals surface area contributed by atoms with Crippen LogP contribution >= 0.6 is 0 Å². The first-order valence-electron chi connectivity index (χ1n) is 18.4. The molecule has 5 heteroatoms. The minimum absolute atomic E-state index is 0. The summed E-state index contributed by atoms with van der Waals surface area (Å²) in [6.45, 7) is 4.53. The summed E-state index contributed by atoms with van der Waals surface area (Å²) in [6.07, 6.45) is 24.4. The van der Waals surface area contributed by atoms with Gasteiger partial charge in [0.05, 0.1) is 0 Å². The van der Waals surface area contributed by atoms with Gasteiger partial charge in [0.1, 0.15) is 0 Å². The molecule has 0 bridgehead atoms.